The van der Waals surface area contributed by atoms with Gasteiger partial charge >= 0.3 is 0 Å². The zero-order chi connectivity index (χ0) is 17.6. The fraction of sp³-hybridized carbons (Fsp3) is 0.250. The Morgan fingerprint density at radius 1 is 0.923 bits per heavy atom. The molecule has 2 N–H and O–H groups in total. The Balaban J connectivity index is 1.70. The van der Waals surface area contributed by atoms with Gasteiger partial charge in [-0.15, -0.1) is 0 Å². The minimum absolute atomic E-state index is 0.543. The van der Waals surface area contributed by atoms with Crippen LogP contribution >= 0.6 is 0 Å². The number of benzene rings is 1. The van der Waals surface area contributed by atoms with Crippen molar-refractivity contribution in [2.45, 2.75) is 19.3 Å². The fourth-order valence-electron chi connectivity index (χ4n) is 2.92. The van der Waals surface area contributed by atoms with E-state index in [4.69, 9.17) is 4.74 Å². The van der Waals surface area contributed by atoms with Gasteiger partial charge in [-0.2, -0.15) is 0 Å². The van der Waals surface area contributed by atoms with Crippen molar-refractivity contribution in [3.63, 3.8) is 0 Å². The number of aromatic nitrogens is 3. The minimum Gasteiger partial charge on any atom is -0.494 e. The van der Waals surface area contributed by atoms with Crippen LogP contribution < -0.4 is 15.4 Å². The van der Waals surface area contributed by atoms with E-state index in [2.05, 4.69) is 25.6 Å². The quantitative estimate of drug-likeness (QED) is 0.633. The van der Waals surface area contributed by atoms with Crippen LogP contribution in [0.25, 0.3) is 11.3 Å². The van der Waals surface area contributed by atoms with Crippen molar-refractivity contribution in [1.29, 1.82) is 0 Å². The predicted octanol–water partition coefficient (Wildman–Crippen LogP) is 4.26. The number of hydrogen-bond acceptors (Lipinski definition) is 6. The highest BCUT2D eigenvalue weighted by atomic mass is 16.5. The van der Waals surface area contributed by atoms with Crippen LogP contribution in [0, 0.1) is 0 Å². The molecule has 0 saturated heterocycles. The van der Waals surface area contributed by atoms with E-state index in [0.717, 1.165) is 54.3 Å². The highest BCUT2D eigenvalue weighted by Gasteiger charge is 2.09. The molecule has 1 aliphatic heterocycles. The standard InChI is InChI=1S/C20H21N5O/c1-2-10-21-19-17(8-5-11-22-19)18-9-12-23-20(25-18)24-15-6-4-7-16(14-15)26-13-3-1/h4-9,11-12,14H,1-3,10,13H2,(H,21,22)(H,23,24,25). The van der Waals surface area contributed by atoms with Crippen molar-refractivity contribution in [1.82, 2.24) is 15.0 Å². The van der Waals surface area contributed by atoms with E-state index in [0.29, 0.717) is 12.6 Å². The molecule has 3 aromatic rings. The molecule has 0 saturated carbocycles. The number of rotatable bonds is 0. The molecule has 132 valence electrons. The lowest BCUT2D eigenvalue weighted by Crippen LogP contribution is -2.07. The zero-order valence-corrected chi connectivity index (χ0v) is 14.5. The van der Waals surface area contributed by atoms with E-state index in [1.807, 2.05) is 42.5 Å². The summed E-state index contributed by atoms with van der Waals surface area (Å²) in [7, 11) is 0. The number of nitrogens with one attached hydrogen (secondary N) is 2. The molecule has 0 fully saturated rings. The Hall–Kier alpha value is -3.15. The molecule has 0 amide bonds. The monoisotopic (exact) mass is 347 g/mol. The lowest BCUT2D eigenvalue weighted by atomic mass is 10.1. The number of nitrogens with zero attached hydrogens (tertiary/aromatic N) is 3. The van der Waals surface area contributed by atoms with Gasteiger partial charge < -0.3 is 15.4 Å². The van der Waals surface area contributed by atoms with E-state index in [1.165, 1.54) is 0 Å². The highest BCUT2D eigenvalue weighted by molar-refractivity contribution is 5.73. The number of fused-ring (bicyclic) bond motifs is 6. The summed E-state index contributed by atoms with van der Waals surface area (Å²) in [6.45, 7) is 1.58. The predicted molar refractivity (Wildman–Crippen MR) is 103 cm³/mol. The lowest BCUT2D eigenvalue weighted by molar-refractivity contribution is 0.306. The Bertz CT molecular complexity index is 883. The summed E-state index contributed by atoms with van der Waals surface area (Å²) < 4.78 is 5.84. The second kappa shape index (κ2) is 7.82. The van der Waals surface area contributed by atoms with Crippen molar-refractivity contribution in [2.24, 2.45) is 0 Å². The molecule has 0 atom stereocenters. The van der Waals surface area contributed by atoms with Crippen LogP contribution in [0.1, 0.15) is 19.3 Å². The first-order valence-corrected chi connectivity index (χ1v) is 8.91. The maximum atomic E-state index is 5.84. The maximum Gasteiger partial charge on any atom is 0.227 e. The van der Waals surface area contributed by atoms with Crippen molar-refractivity contribution in [3.05, 3.63) is 54.9 Å². The summed E-state index contributed by atoms with van der Waals surface area (Å²) >= 11 is 0. The van der Waals surface area contributed by atoms with Gasteiger partial charge in [0.25, 0.3) is 0 Å². The van der Waals surface area contributed by atoms with Gasteiger partial charge in [-0.05, 0) is 49.6 Å². The van der Waals surface area contributed by atoms with E-state index < -0.39 is 0 Å². The summed E-state index contributed by atoms with van der Waals surface area (Å²) in [5.41, 5.74) is 2.70. The molecule has 6 nitrogen and oxygen atoms in total. The van der Waals surface area contributed by atoms with Crippen LogP contribution in [0.5, 0.6) is 5.75 Å². The summed E-state index contributed by atoms with van der Waals surface area (Å²) in [6.07, 6.45) is 6.74. The van der Waals surface area contributed by atoms with Crippen molar-refractivity contribution in [3.8, 4) is 17.0 Å². The van der Waals surface area contributed by atoms with Gasteiger partial charge in [0.15, 0.2) is 0 Å². The first-order valence-electron chi connectivity index (χ1n) is 8.91. The van der Waals surface area contributed by atoms with Gasteiger partial charge in [0.1, 0.15) is 11.6 Å². The minimum atomic E-state index is 0.543. The van der Waals surface area contributed by atoms with E-state index in [1.54, 1.807) is 12.4 Å². The maximum absolute atomic E-state index is 5.84. The third-order valence-electron chi connectivity index (χ3n) is 4.21. The van der Waals surface area contributed by atoms with Crippen molar-refractivity contribution >= 4 is 17.5 Å². The topological polar surface area (TPSA) is 72.0 Å². The van der Waals surface area contributed by atoms with Crippen molar-refractivity contribution in [2.75, 3.05) is 23.8 Å². The number of pyridine rings is 1. The van der Waals surface area contributed by atoms with Crippen LogP contribution in [-0.2, 0) is 0 Å². The van der Waals surface area contributed by atoms with Gasteiger partial charge in [0.2, 0.25) is 5.95 Å². The van der Waals surface area contributed by atoms with Crippen molar-refractivity contribution < 1.29 is 4.74 Å². The van der Waals surface area contributed by atoms with Gasteiger partial charge in [-0.25, -0.2) is 15.0 Å². The van der Waals surface area contributed by atoms with Crippen LogP contribution in [-0.4, -0.2) is 28.1 Å². The normalized spacial score (nSPS) is 14.3. The largest absolute Gasteiger partial charge is 0.494 e. The summed E-state index contributed by atoms with van der Waals surface area (Å²) in [5, 5.41) is 6.68. The van der Waals surface area contributed by atoms with Gasteiger partial charge in [0.05, 0.1) is 12.3 Å². The highest BCUT2D eigenvalue weighted by Crippen LogP contribution is 2.26. The molecule has 0 spiro atoms. The van der Waals surface area contributed by atoms with E-state index in [-0.39, 0.29) is 0 Å². The molecule has 1 aliphatic rings. The van der Waals surface area contributed by atoms with Gasteiger partial charge in [-0.3, -0.25) is 0 Å². The molecule has 4 bridgehead atoms. The van der Waals surface area contributed by atoms with E-state index in [9.17, 15) is 0 Å². The average molecular weight is 347 g/mol. The molecule has 0 unspecified atom stereocenters. The Morgan fingerprint density at radius 2 is 1.92 bits per heavy atom. The molecule has 0 radical (unpaired) electrons. The Labute approximate surface area is 152 Å². The van der Waals surface area contributed by atoms with Gasteiger partial charge in [-0.1, -0.05) is 6.07 Å². The third kappa shape index (κ3) is 3.91. The molecule has 4 rings (SSSR count). The average Bonchev–Trinajstić information content (AvgIpc) is 2.67. The molecule has 6 heteroatoms. The molecular weight excluding hydrogens is 326 g/mol. The van der Waals surface area contributed by atoms with Gasteiger partial charge in [0, 0.05) is 36.3 Å². The molecule has 3 heterocycles. The smallest absolute Gasteiger partial charge is 0.227 e. The lowest BCUT2D eigenvalue weighted by Gasteiger charge is -2.13. The second-order valence-corrected chi connectivity index (χ2v) is 6.15. The third-order valence-corrected chi connectivity index (χ3v) is 4.21. The summed E-state index contributed by atoms with van der Waals surface area (Å²) in [6, 6.07) is 13.7. The molecule has 0 aliphatic carbocycles. The summed E-state index contributed by atoms with van der Waals surface area (Å²) in [4.78, 5) is 13.5. The molecule has 26 heavy (non-hydrogen) atoms. The van der Waals surface area contributed by atoms with Crippen LogP contribution in [0.2, 0.25) is 0 Å². The van der Waals surface area contributed by atoms with Crippen LogP contribution in [0.3, 0.4) is 0 Å². The fourth-order valence-corrected chi connectivity index (χ4v) is 2.92. The SMILES string of the molecule is c1cc2cc(c1)OCCCCCNc1ncccc1-c1ccnc(n1)N2. The summed E-state index contributed by atoms with van der Waals surface area (Å²) in [5.74, 6) is 2.25. The second-order valence-electron chi connectivity index (χ2n) is 6.15. The first kappa shape index (κ1) is 16.3. The van der Waals surface area contributed by atoms with E-state index >= 15 is 0 Å². The van der Waals surface area contributed by atoms with Crippen LogP contribution in [0.4, 0.5) is 17.5 Å². The van der Waals surface area contributed by atoms with Crippen LogP contribution in [0.15, 0.2) is 54.9 Å². The molecule has 2 aromatic heterocycles. The molecular formula is C20H21N5O. The number of anilines is 3. The Morgan fingerprint density at radius 3 is 2.92 bits per heavy atom. The number of hydrogen-bond donors (Lipinski definition) is 2. The Kier molecular flexibility index (Phi) is 4.91. The zero-order valence-electron chi connectivity index (χ0n) is 14.5. The molecule has 1 aromatic carbocycles. The number of ether oxygens (including phenoxy) is 1. The first-order chi connectivity index (χ1) is 12.9.